The van der Waals surface area contributed by atoms with E-state index in [4.69, 9.17) is 4.74 Å². The third-order valence-corrected chi connectivity index (χ3v) is 2.92. The molecule has 0 aliphatic heterocycles. The van der Waals surface area contributed by atoms with E-state index in [0.29, 0.717) is 0 Å². The summed E-state index contributed by atoms with van der Waals surface area (Å²) in [7, 11) is 1.56. The predicted molar refractivity (Wildman–Crippen MR) is 66.5 cm³/mol. The summed E-state index contributed by atoms with van der Waals surface area (Å²) in [5, 5.41) is 2.98. The smallest absolute Gasteiger partial charge is 0.254 e. The quantitative estimate of drug-likeness (QED) is 0.807. The van der Waals surface area contributed by atoms with E-state index in [0.717, 1.165) is 18.4 Å². The molecule has 0 bridgehead atoms. The third-order valence-electron chi connectivity index (χ3n) is 2.92. The first-order valence-electron chi connectivity index (χ1n) is 5.86. The first kappa shape index (κ1) is 11.9. The van der Waals surface area contributed by atoms with Crippen molar-refractivity contribution in [1.29, 1.82) is 0 Å². The summed E-state index contributed by atoms with van der Waals surface area (Å²) in [4.78, 5) is 12.1. The zero-order chi connectivity index (χ0) is 12.1. The van der Waals surface area contributed by atoms with Gasteiger partial charge >= 0.3 is 0 Å². The number of hydrogen-bond acceptors (Lipinski definition) is 2. The van der Waals surface area contributed by atoms with Gasteiger partial charge in [0.25, 0.3) is 5.91 Å². The Morgan fingerprint density at radius 1 is 1.41 bits per heavy atom. The van der Waals surface area contributed by atoms with Gasteiger partial charge < -0.3 is 10.1 Å². The van der Waals surface area contributed by atoms with Gasteiger partial charge in [-0.2, -0.15) is 0 Å². The van der Waals surface area contributed by atoms with E-state index in [1.54, 1.807) is 7.11 Å². The van der Waals surface area contributed by atoms with Crippen molar-refractivity contribution in [2.45, 2.75) is 25.0 Å². The average molecular weight is 231 g/mol. The molecule has 1 aromatic carbocycles. The van der Waals surface area contributed by atoms with E-state index in [9.17, 15) is 4.79 Å². The molecule has 0 spiro atoms. The fraction of sp³-hybridized carbons (Fsp3) is 0.357. The van der Waals surface area contributed by atoms with Crippen LogP contribution in [-0.4, -0.2) is 19.1 Å². The Labute approximate surface area is 101 Å². The van der Waals surface area contributed by atoms with Crippen LogP contribution >= 0.6 is 0 Å². The molecule has 17 heavy (non-hydrogen) atoms. The molecule has 1 amide bonds. The monoisotopic (exact) mass is 231 g/mol. The summed E-state index contributed by atoms with van der Waals surface area (Å²) in [5.74, 6) is -0.0738. The lowest BCUT2D eigenvalue weighted by Gasteiger charge is -2.18. The zero-order valence-electron chi connectivity index (χ0n) is 9.93. The molecular formula is C14H17NO2. The Hall–Kier alpha value is -1.61. The van der Waals surface area contributed by atoms with Crippen molar-refractivity contribution in [1.82, 2.24) is 5.32 Å². The number of ether oxygens (including phenoxy) is 1. The van der Waals surface area contributed by atoms with E-state index in [-0.39, 0.29) is 11.9 Å². The lowest BCUT2D eigenvalue weighted by molar-refractivity contribution is -0.131. The van der Waals surface area contributed by atoms with Gasteiger partial charge in [0, 0.05) is 13.2 Å². The normalized spacial score (nSPS) is 20.2. The maximum absolute atomic E-state index is 12.1. The number of carbonyl (C=O) groups is 1. The zero-order valence-corrected chi connectivity index (χ0v) is 9.93. The molecule has 0 fully saturated rings. The number of nitrogens with one attached hydrogen (secondary N) is 1. The predicted octanol–water partition coefficient (Wildman–Crippen LogP) is 2.21. The molecule has 90 valence electrons. The Bertz CT molecular complexity index is 400. The van der Waals surface area contributed by atoms with Crippen LogP contribution in [0.3, 0.4) is 0 Å². The molecule has 3 nitrogen and oxygen atoms in total. The van der Waals surface area contributed by atoms with Crippen molar-refractivity contribution in [3.8, 4) is 0 Å². The fourth-order valence-electron chi connectivity index (χ4n) is 2.03. The van der Waals surface area contributed by atoms with E-state index >= 15 is 0 Å². The summed E-state index contributed by atoms with van der Waals surface area (Å²) in [6, 6.07) is 9.70. The molecular weight excluding hydrogens is 214 g/mol. The maximum atomic E-state index is 12.1. The van der Waals surface area contributed by atoms with Crippen LogP contribution in [-0.2, 0) is 9.53 Å². The molecule has 2 atom stereocenters. The molecule has 1 aliphatic carbocycles. The molecule has 0 unspecified atom stereocenters. The molecule has 0 heterocycles. The van der Waals surface area contributed by atoms with E-state index in [2.05, 4.69) is 11.4 Å². The number of benzene rings is 1. The maximum Gasteiger partial charge on any atom is 0.254 e. The van der Waals surface area contributed by atoms with Gasteiger partial charge in [0.15, 0.2) is 6.10 Å². The Morgan fingerprint density at radius 3 is 2.76 bits per heavy atom. The van der Waals surface area contributed by atoms with Crippen LogP contribution in [0.25, 0.3) is 0 Å². The Morgan fingerprint density at radius 2 is 2.18 bits per heavy atom. The van der Waals surface area contributed by atoms with E-state index < -0.39 is 6.10 Å². The number of hydrogen-bond donors (Lipinski definition) is 1. The SMILES string of the molecule is CO[C@H](C(=O)N[C@H]1C=CCC1)c1ccccc1. The van der Waals surface area contributed by atoms with Crippen molar-refractivity contribution in [3.05, 3.63) is 48.0 Å². The van der Waals surface area contributed by atoms with Crippen molar-refractivity contribution in [2.75, 3.05) is 7.11 Å². The molecule has 3 heteroatoms. The third kappa shape index (κ3) is 2.94. The first-order valence-corrected chi connectivity index (χ1v) is 5.86. The number of amides is 1. The molecule has 0 radical (unpaired) electrons. The van der Waals surface area contributed by atoms with E-state index in [1.807, 2.05) is 36.4 Å². The standard InChI is InChI=1S/C14H17NO2/c1-17-13(11-7-3-2-4-8-11)14(16)15-12-9-5-6-10-12/h2-5,7-9,12-13H,6,10H2,1H3,(H,15,16)/t12-,13-/m0/s1. The lowest BCUT2D eigenvalue weighted by atomic mass is 10.1. The summed E-state index contributed by atoms with van der Waals surface area (Å²) in [5.41, 5.74) is 0.884. The van der Waals surface area contributed by atoms with Gasteiger partial charge in [0.1, 0.15) is 0 Å². The molecule has 1 aromatic rings. The van der Waals surface area contributed by atoms with Crippen molar-refractivity contribution >= 4 is 5.91 Å². The van der Waals surface area contributed by atoms with Gasteiger partial charge in [0.2, 0.25) is 0 Å². The Kier molecular flexibility index (Phi) is 3.94. The summed E-state index contributed by atoms with van der Waals surface area (Å²) in [6.45, 7) is 0. The van der Waals surface area contributed by atoms with Gasteiger partial charge in [-0.3, -0.25) is 4.79 Å². The van der Waals surface area contributed by atoms with Gasteiger partial charge in [-0.15, -0.1) is 0 Å². The lowest BCUT2D eigenvalue weighted by Crippen LogP contribution is -2.36. The highest BCUT2D eigenvalue weighted by molar-refractivity contribution is 5.82. The van der Waals surface area contributed by atoms with Gasteiger partial charge in [-0.05, 0) is 18.4 Å². The van der Waals surface area contributed by atoms with Gasteiger partial charge in [0.05, 0.1) is 0 Å². The molecule has 2 rings (SSSR count). The molecule has 1 N–H and O–H groups in total. The largest absolute Gasteiger partial charge is 0.367 e. The average Bonchev–Trinajstić information content (AvgIpc) is 2.84. The number of rotatable bonds is 4. The summed E-state index contributed by atoms with van der Waals surface area (Å²) < 4.78 is 5.27. The van der Waals surface area contributed by atoms with E-state index in [1.165, 1.54) is 0 Å². The van der Waals surface area contributed by atoms with Crippen LogP contribution in [0.1, 0.15) is 24.5 Å². The molecule has 0 saturated heterocycles. The summed E-state index contributed by atoms with van der Waals surface area (Å²) in [6.07, 6.45) is 5.63. The van der Waals surface area contributed by atoms with Crippen molar-refractivity contribution in [2.24, 2.45) is 0 Å². The molecule has 0 saturated carbocycles. The highest BCUT2D eigenvalue weighted by Gasteiger charge is 2.22. The fourth-order valence-corrected chi connectivity index (χ4v) is 2.03. The van der Waals surface area contributed by atoms with Crippen LogP contribution in [0, 0.1) is 0 Å². The number of methoxy groups -OCH3 is 1. The first-order chi connectivity index (χ1) is 8.31. The number of allylic oxidation sites excluding steroid dienone is 1. The highest BCUT2D eigenvalue weighted by atomic mass is 16.5. The second kappa shape index (κ2) is 5.64. The van der Waals surface area contributed by atoms with Crippen LogP contribution in [0.2, 0.25) is 0 Å². The van der Waals surface area contributed by atoms with Gasteiger partial charge in [-0.1, -0.05) is 42.5 Å². The molecule has 1 aliphatic rings. The Balaban J connectivity index is 2.03. The minimum atomic E-state index is -0.523. The topological polar surface area (TPSA) is 38.3 Å². The van der Waals surface area contributed by atoms with Crippen LogP contribution in [0.5, 0.6) is 0 Å². The minimum absolute atomic E-state index is 0.0738. The van der Waals surface area contributed by atoms with Gasteiger partial charge in [-0.25, -0.2) is 0 Å². The van der Waals surface area contributed by atoms with Crippen molar-refractivity contribution < 1.29 is 9.53 Å². The highest BCUT2D eigenvalue weighted by Crippen LogP contribution is 2.18. The van der Waals surface area contributed by atoms with Crippen molar-refractivity contribution in [3.63, 3.8) is 0 Å². The van der Waals surface area contributed by atoms with Crippen LogP contribution in [0.15, 0.2) is 42.5 Å². The van der Waals surface area contributed by atoms with Crippen LogP contribution in [0.4, 0.5) is 0 Å². The molecule has 0 aromatic heterocycles. The number of carbonyl (C=O) groups excluding carboxylic acids is 1. The van der Waals surface area contributed by atoms with Crippen LogP contribution < -0.4 is 5.32 Å². The minimum Gasteiger partial charge on any atom is -0.367 e. The second-order valence-corrected chi connectivity index (χ2v) is 4.15. The second-order valence-electron chi connectivity index (χ2n) is 4.15. The summed E-state index contributed by atoms with van der Waals surface area (Å²) >= 11 is 0.